The fourth-order valence-corrected chi connectivity index (χ4v) is 8.62. The summed E-state index contributed by atoms with van der Waals surface area (Å²) in [6.45, 7) is 14.7. The van der Waals surface area contributed by atoms with E-state index >= 15 is 0 Å². The van der Waals surface area contributed by atoms with Crippen LogP contribution in [-0.4, -0.2) is 34.1 Å². The standard InChI is InChI=1S/C49H46N2O4/c1-8-48(6,9-2)34-20-16-30(17-21-34)31-18-22-35(23-19-31)50-44(52)39-27-33-24-29(5)25-38(37(33)28-40(39)45(50)53)42-36-15-13-12-14-32(36)26-41-43(42)47(55)51(46(41)54)49(7,10-3)11-4/h12-28H,8-11H2,1-7H3. The van der Waals surface area contributed by atoms with Crippen molar-refractivity contribution in [2.75, 3.05) is 4.90 Å². The predicted molar refractivity (Wildman–Crippen MR) is 222 cm³/mol. The van der Waals surface area contributed by atoms with Gasteiger partial charge in [0.15, 0.2) is 0 Å². The molecule has 0 fully saturated rings. The van der Waals surface area contributed by atoms with Gasteiger partial charge in [-0.25, -0.2) is 4.90 Å². The normalized spacial score (nSPS) is 14.5. The van der Waals surface area contributed by atoms with Crippen LogP contribution in [0.2, 0.25) is 0 Å². The Balaban J connectivity index is 1.22. The summed E-state index contributed by atoms with van der Waals surface area (Å²) >= 11 is 0. The third-order valence-corrected chi connectivity index (χ3v) is 12.9. The number of benzene rings is 6. The first-order valence-corrected chi connectivity index (χ1v) is 19.5. The first kappa shape index (κ1) is 36.1. The van der Waals surface area contributed by atoms with Gasteiger partial charge in [-0.1, -0.05) is 107 Å². The van der Waals surface area contributed by atoms with Crippen LogP contribution in [0.25, 0.3) is 43.8 Å². The lowest BCUT2D eigenvalue weighted by Gasteiger charge is -2.35. The number of anilines is 1. The molecule has 276 valence electrons. The second-order valence-corrected chi connectivity index (χ2v) is 15.8. The highest BCUT2D eigenvalue weighted by molar-refractivity contribution is 6.36. The molecule has 2 aliphatic rings. The quantitative estimate of drug-likeness (QED) is 0.139. The number of rotatable bonds is 9. The van der Waals surface area contributed by atoms with Gasteiger partial charge in [0.25, 0.3) is 23.6 Å². The summed E-state index contributed by atoms with van der Waals surface area (Å²) in [6.07, 6.45) is 3.39. The maximum atomic E-state index is 14.5. The number of aryl methyl sites for hydroxylation is 1. The van der Waals surface area contributed by atoms with Crippen molar-refractivity contribution >= 4 is 50.9 Å². The van der Waals surface area contributed by atoms with Gasteiger partial charge in [0, 0.05) is 11.1 Å². The maximum Gasteiger partial charge on any atom is 0.266 e. The Bertz CT molecular complexity index is 2590. The van der Waals surface area contributed by atoms with E-state index in [0.717, 1.165) is 56.6 Å². The zero-order valence-corrected chi connectivity index (χ0v) is 32.7. The zero-order chi connectivity index (χ0) is 39.0. The predicted octanol–water partition coefficient (Wildman–Crippen LogP) is 11.7. The van der Waals surface area contributed by atoms with E-state index in [2.05, 4.69) is 45.0 Å². The van der Waals surface area contributed by atoms with Crippen LogP contribution in [-0.2, 0) is 5.41 Å². The minimum Gasteiger partial charge on any atom is -0.269 e. The van der Waals surface area contributed by atoms with E-state index in [0.29, 0.717) is 46.3 Å². The maximum absolute atomic E-state index is 14.5. The summed E-state index contributed by atoms with van der Waals surface area (Å²) in [5.74, 6) is -1.36. The van der Waals surface area contributed by atoms with E-state index in [1.54, 1.807) is 12.1 Å². The average Bonchev–Trinajstić information content (AvgIpc) is 3.61. The number of fused-ring (bicyclic) bond motifs is 4. The van der Waals surface area contributed by atoms with E-state index in [-0.39, 0.29) is 23.1 Å². The molecule has 55 heavy (non-hydrogen) atoms. The molecule has 0 spiro atoms. The van der Waals surface area contributed by atoms with E-state index in [1.165, 1.54) is 15.4 Å². The molecule has 6 aromatic rings. The molecule has 8 rings (SSSR count). The smallest absolute Gasteiger partial charge is 0.266 e. The number of hydrogen-bond donors (Lipinski definition) is 0. The van der Waals surface area contributed by atoms with E-state index in [1.807, 2.05) is 94.4 Å². The number of amides is 4. The van der Waals surface area contributed by atoms with Gasteiger partial charge in [0.2, 0.25) is 0 Å². The Labute approximate surface area is 322 Å². The lowest BCUT2D eigenvalue weighted by atomic mass is 9.77. The number of imide groups is 2. The van der Waals surface area contributed by atoms with Crippen LogP contribution >= 0.6 is 0 Å². The van der Waals surface area contributed by atoms with Gasteiger partial charge >= 0.3 is 0 Å². The Morgan fingerprint density at radius 3 is 1.71 bits per heavy atom. The van der Waals surface area contributed by atoms with Gasteiger partial charge in [-0.2, -0.15) is 0 Å². The molecule has 0 saturated carbocycles. The van der Waals surface area contributed by atoms with Crippen molar-refractivity contribution in [2.45, 2.75) is 85.1 Å². The SMILES string of the molecule is CCC(C)(CC)c1ccc(-c2ccc(N3C(=O)c4cc5cc(C)cc(-c6c7c(cc8ccccc68)C(=O)N(C(C)(CC)CC)C7=O)c5cc4C3=O)cc2)cc1. The minimum absolute atomic E-state index is 0.135. The fraction of sp³-hybridized carbons (Fsp3) is 0.265. The van der Waals surface area contributed by atoms with Gasteiger partial charge in [-0.3, -0.25) is 24.1 Å². The molecule has 0 aliphatic carbocycles. The van der Waals surface area contributed by atoms with E-state index in [4.69, 9.17) is 0 Å². The van der Waals surface area contributed by atoms with Crippen molar-refractivity contribution in [1.82, 2.24) is 4.90 Å². The Morgan fingerprint density at radius 2 is 1.09 bits per heavy atom. The third kappa shape index (κ3) is 5.44. The molecule has 2 aliphatic heterocycles. The topological polar surface area (TPSA) is 74.8 Å². The van der Waals surface area contributed by atoms with Crippen LogP contribution < -0.4 is 4.90 Å². The van der Waals surface area contributed by atoms with Crippen molar-refractivity contribution in [3.63, 3.8) is 0 Å². The van der Waals surface area contributed by atoms with E-state index < -0.39 is 11.4 Å². The third-order valence-electron chi connectivity index (χ3n) is 12.9. The van der Waals surface area contributed by atoms with Crippen molar-refractivity contribution in [3.8, 4) is 22.3 Å². The first-order chi connectivity index (χ1) is 26.4. The monoisotopic (exact) mass is 726 g/mol. The van der Waals surface area contributed by atoms with Gasteiger partial charge < -0.3 is 0 Å². The molecule has 0 unspecified atom stereocenters. The average molecular weight is 727 g/mol. The Morgan fingerprint density at radius 1 is 0.509 bits per heavy atom. The first-order valence-electron chi connectivity index (χ1n) is 19.5. The number of carbonyl (C=O) groups excluding carboxylic acids is 4. The molecule has 0 saturated heterocycles. The Hall–Kier alpha value is -5.88. The highest BCUT2D eigenvalue weighted by atomic mass is 16.2. The van der Waals surface area contributed by atoms with Gasteiger partial charge in [-0.15, -0.1) is 0 Å². The summed E-state index contributed by atoms with van der Waals surface area (Å²) in [7, 11) is 0. The van der Waals surface area contributed by atoms with Crippen LogP contribution in [0.5, 0.6) is 0 Å². The van der Waals surface area contributed by atoms with Gasteiger partial charge in [0.1, 0.15) is 0 Å². The van der Waals surface area contributed by atoms with Crippen LogP contribution in [0.4, 0.5) is 5.69 Å². The lowest BCUT2D eigenvalue weighted by molar-refractivity contribution is 0.0434. The number of hydrogen-bond acceptors (Lipinski definition) is 4. The summed E-state index contributed by atoms with van der Waals surface area (Å²) in [5.41, 5.74) is 7.14. The molecular weight excluding hydrogens is 681 g/mol. The molecule has 6 nitrogen and oxygen atoms in total. The van der Waals surface area contributed by atoms with Crippen molar-refractivity contribution < 1.29 is 19.2 Å². The molecule has 2 heterocycles. The molecular formula is C49H46N2O4. The van der Waals surface area contributed by atoms with Gasteiger partial charge in [-0.05, 0) is 125 Å². The van der Waals surface area contributed by atoms with Crippen LogP contribution in [0.15, 0.2) is 103 Å². The second-order valence-electron chi connectivity index (χ2n) is 15.8. The van der Waals surface area contributed by atoms with Crippen LogP contribution in [0.3, 0.4) is 0 Å². The lowest BCUT2D eigenvalue weighted by Crippen LogP contribution is -2.48. The van der Waals surface area contributed by atoms with Crippen LogP contribution in [0, 0.1) is 6.92 Å². The highest BCUT2D eigenvalue weighted by Gasteiger charge is 2.47. The molecule has 0 bridgehead atoms. The molecule has 0 aromatic heterocycles. The second kappa shape index (κ2) is 13.2. The minimum atomic E-state index is -0.642. The van der Waals surface area contributed by atoms with Crippen molar-refractivity contribution in [1.29, 1.82) is 0 Å². The molecule has 6 heteroatoms. The zero-order valence-electron chi connectivity index (χ0n) is 32.7. The fourth-order valence-electron chi connectivity index (χ4n) is 8.62. The van der Waals surface area contributed by atoms with Crippen molar-refractivity contribution in [2.24, 2.45) is 0 Å². The van der Waals surface area contributed by atoms with Gasteiger partial charge in [0.05, 0.1) is 27.9 Å². The summed E-state index contributed by atoms with van der Waals surface area (Å²) in [5, 5.41) is 3.20. The highest BCUT2D eigenvalue weighted by Crippen LogP contribution is 2.45. The Kier molecular flexibility index (Phi) is 8.64. The summed E-state index contributed by atoms with van der Waals surface area (Å²) in [6, 6.07) is 33.5. The molecule has 0 N–H and O–H groups in total. The molecule has 6 aromatic carbocycles. The molecule has 0 atom stereocenters. The van der Waals surface area contributed by atoms with Crippen LogP contribution in [0.1, 0.15) is 120 Å². The summed E-state index contributed by atoms with van der Waals surface area (Å²) in [4.78, 5) is 59.6. The van der Waals surface area contributed by atoms with E-state index in [9.17, 15) is 19.2 Å². The molecule has 0 radical (unpaired) electrons. The summed E-state index contributed by atoms with van der Waals surface area (Å²) < 4.78 is 0. The number of nitrogens with zero attached hydrogens (tertiary/aromatic N) is 2. The largest absolute Gasteiger partial charge is 0.269 e. The number of carbonyl (C=O) groups is 4. The van der Waals surface area contributed by atoms with Crippen molar-refractivity contribution in [3.05, 3.63) is 137 Å². The molecule has 4 amide bonds.